The molecule has 0 aliphatic carbocycles. The molecular weight excluding hydrogens is 426 g/mol. The van der Waals surface area contributed by atoms with Gasteiger partial charge in [0.2, 0.25) is 15.9 Å². The van der Waals surface area contributed by atoms with Crippen molar-refractivity contribution in [3.8, 4) is 0 Å². The predicted octanol–water partition coefficient (Wildman–Crippen LogP) is 2.44. The van der Waals surface area contributed by atoms with Crippen LogP contribution < -0.4 is 0 Å². The normalized spacial score (nSPS) is 27.5. The van der Waals surface area contributed by atoms with E-state index in [0.717, 1.165) is 45.6 Å². The molecule has 0 spiro atoms. The number of amides is 1. The Hall–Kier alpha value is -1.48. The molecule has 7 nitrogen and oxygen atoms in total. The highest BCUT2D eigenvalue weighted by atomic mass is 32.2. The first-order chi connectivity index (χ1) is 15.3. The minimum Gasteiger partial charge on any atom is -0.373 e. The molecule has 8 heteroatoms. The zero-order valence-corrected chi connectivity index (χ0v) is 20.2. The highest BCUT2D eigenvalue weighted by Crippen LogP contribution is 2.27. The molecule has 3 heterocycles. The van der Waals surface area contributed by atoms with Crippen molar-refractivity contribution >= 4 is 15.9 Å². The van der Waals surface area contributed by atoms with Gasteiger partial charge in [0, 0.05) is 51.7 Å². The summed E-state index contributed by atoms with van der Waals surface area (Å²) in [4.78, 5) is 18.0. The zero-order valence-electron chi connectivity index (χ0n) is 19.4. The third-order valence-corrected chi connectivity index (χ3v) is 9.03. The first kappa shape index (κ1) is 23.7. The fourth-order valence-corrected chi connectivity index (χ4v) is 6.97. The molecule has 3 saturated heterocycles. The van der Waals surface area contributed by atoms with Crippen molar-refractivity contribution in [2.75, 3.05) is 45.8 Å². The van der Waals surface area contributed by atoms with Gasteiger partial charge < -0.3 is 9.64 Å². The number of sulfonamides is 1. The Morgan fingerprint density at radius 3 is 2.12 bits per heavy atom. The smallest absolute Gasteiger partial charge is 0.243 e. The van der Waals surface area contributed by atoms with Gasteiger partial charge in [0.1, 0.15) is 0 Å². The van der Waals surface area contributed by atoms with E-state index in [4.69, 9.17) is 4.74 Å². The molecule has 0 saturated carbocycles. The Bertz CT molecular complexity index is 852. The van der Waals surface area contributed by atoms with E-state index in [9.17, 15) is 13.2 Å². The van der Waals surface area contributed by atoms with Gasteiger partial charge in [-0.2, -0.15) is 4.31 Å². The van der Waals surface area contributed by atoms with Crippen LogP contribution in [0.5, 0.6) is 0 Å². The summed E-state index contributed by atoms with van der Waals surface area (Å²) in [7, 11) is -3.47. The Kier molecular flexibility index (Phi) is 7.54. The quantitative estimate of drug-likeness (QED) is 0.671. The highest BCUT2D eigenvalue weighted by Gasteiger charge is 2.35. The number of benzene rings is 1. The molecule has 178 valence electrons. The number of carbonyl (C=O) groups excluding carboxylic acids is 1. The van der Waals surface area contributed by atoms with Gasteiger partial charge in [-0.25, -0.2) is 8.42 Å². The number of carbonyl (C=O) groups is 1. The molecule has 0 bridgehead atoms. The Balaban J connectivity index is 1.23. The van der Waals surface area contributed by atoms with Crippen LogP contribution in [0.2, 0.25) is 0 Å². The van der Waals surface area contributed by atoms with E-state index < -0.39 is 10.0 Å². The molecule has 2 unspecified atom stereocenters. The maximum Gasteiger partial charge on any atom is 0.243 e. The Morgan fingerprint density at radius 2 is 1.53 bits per heavy atom. The lowest BCUT2D eigenvalue weighted by molar-refractivity contribution is -0.138. The van der Waals surface area contributed by atoms with Crippen LogP contribution in [0.3, 0.4) is 0 Å². The van der Waals surface area contributed by atoms with Gasteiger partial charge in [0.25, 0.3) is 0 Å². The van der Waals surface area contributed by atoms with E-state index in [1.807, 2.05) is 11.0 Å². The number of morpholine rings is 1. The van der Waals surface area contributed by atoms with Crippen LogP contribution in [0.25, 0.3) is 0 Å². The molecule has 3 fully saturated rings. The van der Waals surface area contributed by atoms with Crippen LogP contribution >= 0.6 is 0 Å². The molecule has 4 rings (SSSR count). The molecule has 0 N–H and O–H groups in total. The first-order valence-corrected chi connectivity index (χ1v) is 13.5. The summed E-state index contributed by atoms with van der Waals surface area (Å²) in [5, 5.41) is 0. The largest absolute Gasteiger partial charge is 0.373 e. The zero-order chi connectivity index (χ0) is 22.7. The van der Waals surface area contributed by atoms with Gasteiger partial charge in [-0.15, -0.1) is 0 Å². The van der Waals surface area contributed by atoms with Crippen molar-refractivity contribution in [3.63, 3.8) is 0 Å². The van der Waals surface area contributed by atoms with Gasteiger partial charge in [-0.3, -0.25) is 9.69 Å². The van der Waals surface area contributed by atoms with Crippen LogP contribution in [0.4, 0.5) is 0 Å². The van der Waals surface area contributed by atoms with E-state index in [2.05, 4.69) is 18.7 Å². The van der Waals surface area contributed by atoms with Crippen molar-refractivity contribution in [2.24, 2.45) is 11.8 Å². The maximum atomic E-state index is 13.1. The number of piperidine rings is 2. The van der Waals surface area contributed by atoms with E-state index in [1.165, 1.54) is 4.31 Å². The second-order valence-electron chi connectivity index (χ2n) is 9.74. The standard InChI is InChI=1S/C24H37N3O4S/c1-19-16-25(17-20(2)31-19)18-21-8-12-26(13-9-21)24(28)22-10-14-27(15-11-22)32(29,30)23-6-4-3-5-7-23/h3-7,19-22H,8-18H2,1-2H3. The molecule has 32 heavy (non-hydrogen) atoms. The van der Waals surface area contributed by atoms with E-state index >= 15 is 0 Å². The third-order valence-electron chi connectivity index (χ3n) is 7.12. The van der Waals surface area contributed by atoms with Crippen LogP contribution in [-0.2, 0) is 19.6 Å². The lowest BCUT2D eigenvalue weighted by Crippen LogP contribution is -2.50. The number of hydrogen-bond acceptors (Lipinski definition) is 5. The first-order valence-electron chi connectivity index (χ1n) is 12.0. The summed E-state index contributed by atoms with van der Waals surface area (Å²) < 4.78 is 33.0. The van der Waals surface area contributed by atoms with E-state index in [1.54, 1.807) is 24.3 Å². The van der Waals surface area contributed by atoms with Crippen molar-refractivity contribution < 1.29 is 17.9 Å². The fraction of sp³-hybridized carbons (Fsp3) is 0.708. The summed E-state index contributed by atoms with van der Waals surface area (Å²) in [5.41, 5.74) is 0. The summed E-state index contributed by atoms with van der Waals surface area (Å²) in [6, 6.07) is 8.57. The van der Waals surface area contributed by atoms with Crippen LogP contribution in [0, 0.1) is 11.8 Å². The summed E-state index contributed by atoms with van der Waals surface area (Å²) >= 11 is 0. The average molecular weight is 464 g/mol. The average Bonchev–Trinajstić information content (AvgIpc) is 2.79. The maximum absolute atomic E-state index is 13.1. The monoisotopic (exact) mass is 463 g/mol. The molecule has 0 radical (unpaired) electrons. The van der Waals surface area contributed by atoms with E-state index in [-0.39, 0.29) is 24.0 Å². The molecule has 3 aliphatic heterocycles. The van der Waals surface area contributed by atoms with Gasteiger partial charge >= 0.3 is 0 Å². The third kappa shape index (κ3) is 5.53. The van der Waals surface area contributed by atoms with Crippen molar-refractivity contribution in [3.05, 3.63) is 30.3 Å². The summed E-state index contributed by atoms with van der Waals surface area (Å²) in [6.45, 7) is 9.83. The van der Waals surface area contributed by atoms with Gasteiger partial charge in [0.15, 0.2) is 0 Å². The topological polar surface area (TPSA) is 70.2 Å². The fourth-order valence-electron chi connectivity index (χ4n) is 5.48. The minimum absolute atomic E-state index is 0.0604. The molecule has 2 atom stereocenters. The lowest BCUT2D eigenvalue weighted by atomic mass is 9.92. The Morgan fingerprint density at radius 1 is 0.938 bits per heavy atom. The lowest BCUT2D eigenvalue weighted by Gasteiger charge is -2.40. The second kappa shape index (κ2) is 10.2. The summed E-state index contributed by atoms with van der Waals surface area (Å²) in [6.07, 6.45) is 3.89. The molecule has 1 aromatic rings. The summed E-state index contributed by atoms with van der Waals surface area (Å²) in [5.74, 6) is 0.790. The highest BCUT2D eigenvalue weighted by molar-refractivity contribution is 7.89. The number of ether oxygens (including phenoxy) is 1. The molecule has 1 amide bonds. The molecule has 1 aromatic carbocycles. The second-order valence-corrected chi connectivity index (χ2v) is 11.7. The van der Waals surface area contributed by atoms with Crippen LogP contribution in [0.15, 0.2) is 35.2 Å². The molecule has 3 aliphatic rings. The van der Waals surface area contributed by atoms with Crippen LogP contribution in [0.1, 0.15) is 39.5 Å². The number of likely N-dealkylation sites (tertiary alicyclic amines) is 1. The van der Waals surface area contributed by atoms with Gasteiger partial charge in [0.05, 0.1) is 17.1 Å². The van der Waals surface area contributed by atoms with Crippen molar-refractivity contribution in [1.29, 1.82) is 0 Å². The number of nitrogens with zero attached hydrogens (tertiary/aromatic N) is 3. The van der Waals surface area contributed by atoms with Gasteiger partial charge in [-0.1, -0.05) is 18.2 Å². The van der Waals surface area contributed by atoms with Crippen LogP contribution in [-0.4, -0.2) is 86.5 Å². The van der Waals surface area contributed by atoms with Gasteiger partial charge in [-0.05, 0) is 57.6 Å². The Labute approximate surface area is 192 Å². The molecule has 0 aromatic heterocycles. The number of rotatable bonds is 5. The minimum atomic E-state index is -3.47. The number of hydrogen-bond donors (Lipinski definition) is 0. The SMILES string of the molecule is CC1CN(CC2CCN(C(=O)C3CCN(S(=O)(=O)c4ccccc4)CC3)CC2)CC(C)O1. The molecular formula is C24H37N3O4S. The van der Waals surface area contributed by atoms with E-state index in [0.29, 0.717) is 36.7 Å². The van der Waals surface area contributed by atoms with Crippen molar-refractivity contribution in [1.82, 2.24) is 14.1 Å². The van der Waals surface area contributed by atoms with Crippen molar-refractivity contribution in [2.45, 2.75) is 56.6 Å². The predicted molar refractivity (Wildman–Crippen MR) is 124 cm³/mol.